The Hall–Kier alpha value is -3.03. The van der Waals surface area contributed by atoms with Gasteiger partial charge in [0.1, 0.15) is 17.3 Å². The number of aryl methyl sites for hydroxylation is 2. The number of pyridine rings is 1. The van der Waals surface area contributed by atoms with Crippen LogP contribution in [-0.4, -0.2) is 22.1 Å². The molecule has 148 valence electrons. The molecule has 0 aliphatic rings. The first-order valence-electron chi connectivity index (χ1n) is 8.86. The van der Waals surface area contributed by atoms with Crippen LogP contribution >= 0.6 is 0 Å². The highest BCUT2D eigenvalue weighted by Crippen LogP contribution is 2.31. The molecular weight excluding hydrogens is 371 g/mol. The standard InChI is InChI=1S/C20H20F3N3O2/c1-4-26-16-8-7-14(28-5-2)10-15(16)12(3)18(26)19(27)25-17-9-6-13(11-24-17)20(21,22)23/h6-11H,4-5H2,1-3H3,(H,24,25,27). The van der Waals surface area contributed by atoms with E-state index in [2.05, 4.69) is 10.3 Å². The van der Waals surface area contributed by atoms with Crippen molar-refractivity contribution in [1.29, 1.82) is 0 Å². The second-order valence-electron chi connectivity index (χ2n) is 6.21. The molecule has 0 fully saturated rings. The van der Waals surface area contributed by atoms with E-state index in [9.17, 15) is 18.0 Å². The zero-order chi connectivity index (χ0) is 20.5. The third-order valence-corrected chi connectivity index (χ3v) is 4.46. The van der Waals surface area contributed by atoms with Crippen molar-refractivity contribution in [2.24, 2.45) is 0 Å². The predicted octanol–water partition coefficient (Wildman–Crippen LogP) is 5.03. The van der Waals surface area contributed by atoms with Crippen molar-refractivity contribution < 1.29 is 22.7 Å². The van der Waals surface area contributed by atoms with Crippen molar-refractivity contribution in [3.63, 3.8) is 0 Å². The number of benzene rings is 1. The Kier molecular flexibility index (Phi) is 5.31. The lowest BCUT2D eigenvalue weighted by Crippen LogP contribution is -2.18. The molecule has 0 saturated carbocycles. The largest absolute Gasteiger partial charge is 0.494 e. The second-order valence-corrected chi connectivity index (χ2v) is 6.21. The number of halogens is 3. The molecule has 2 aromatic heterocycles. The third-order valence-electron chi connectivity index (χ3n) is 4.46. The lowest BCUT2D eigenvalue weighted by atomic mass is 10.1. The van der Waals surface area contributed by atoms with Gasteiger partial charge in [0.25, 0.3) is 5.91 Å². The number of nitrogens with one attached hydrogen (secondary N) is 1. The van der Waals surface area contributed by atoms with E-state index in [1.807, 2.05) is 43.5 Å². The highest BCUT2D eigenvalue weighted by molar-refractivity contribution is 6.08. The maximum absolute atomic E-state index is 12.9. The third kappa shape index (κ3) is 3.67. The molecule has 1 aromatic carbocycles. The van der Waals surface area contributed by atoms with Crippen LogP contribution in [0.4, 0.5) is 19.0 Å². The number of carbonyl (C=O) groups is 1. The first kappa shape index (κ1) is 19.7. The molecule has 0 radical (unpaired) electrons. The molecule has 0 atom stereocenters. The van der Waals surface area contributed by atoms with Gasteiger partial charge >= 0.3 is 6.18 Å². The monoisotopic (exact) mass is 391 g/mol. The molecular formula is C20H20F3N3O2. The number of hydrogen-bond donors (Lipinski definition) is 1. The van der Waals surface area contributed by atoms with Crippen molar-refractivity contribution >= 4 is 22.6 Å². The Bertz CT molecular complexity index is 1010. The minimum Gasteiger partial charge on any atom is -0.494 e. The molecule has 0 aliphatic heterocycles. The Labute approximate surface area is 160 Å². The van der Waals surface area contributed by atoms with Gasteiger partial charge in [-0.1, -0.05) is 0 Å². The van der Waals surface area contributed by atoms with Crippen LogP contribution < -0.4 is 10.1 Å². The SMILES string of the molecule is CCOc1ccc2c(c1)c(C)c(C(=O)Nc1ccc(C(F)(F)F)cn1)n2CC. The average molecular weight is 391 g/mol. The van der Waals surface area contributed by atoms with E-state index in [1.165, 1.54) is 0 Å². The molecule has 3 rings (SSSR count). The van der Waals surface area contributed by atoms with Crippen LogP contribution in [0.25, 0.3) is 10.9 Å². The van der Waals surface area contributed by atoms with Gasteiger partial charge in [0, 0.05) is 23.6 Å². The molecule has 5 nitrogen and oxygen atoms in total. The van der Waals surface area contributed by atoms with Crippen molar-refractivity contribution in [2.75, 3.05) is 11.9 Å². The molecule has 0 bridgehead atoms. The van der Waals surface area contributed by atoms with E-state index in [4.69, 9.17) is 4.74 Å². The number of fused-ring (bicyclic) bond motifs is 1. The van der Waals surface area contributed by atoms with Crippen LogP contribution in [0, 0.1) is 6.92 Å². The number of nitrogens with zero attached hydrogens (tertiary/aromatic N) is 2. The normalized spacial score (nSPS) is 11.6. The molecule has 0 unspecified atom stereocenters. The fraction of sp³-hybridized carbons (Fsp3) is 0.300. The number of anilines is 1. The highest BCUT2D eigenvalue weighted by Gasteiger charge is 2.30. The van der Waals surface area contributed by atoms with Crippen LogP contribution in [0.5, 0.6) is 5.75 Å². The van der Waals surface area contributed by atoms with E-state index in [0.29, 0.717) is 30.8 Å². The summed E-state index contributed by atoms with van der Waals surface area (Å²) in [5, 5.41) is 3.47. The van der Waals surface area contributed by atoms with E-state index in [-0.39, 0.29) is 5.82 Å². The van der Waals surface area contributed by atoms with E-state index >= 15 is 0 Å². The summed E-state index contributed by atoms with van der Waals surface area (Å²) in [5.41, 5.74) is 1.22. The fourth-order valence-corrected chi connectivity index (χ4v) is 3.19. The summed E-state index contributed by atoms with van der Waals surface area (Å²) < 4.78 is 45.4. The van der Waals surface area contributed by atoms with Crippen LogP contribution in [0.2, 0.25) is 0 Å². The summed E-state index contributed by atoms with van der Waals surface area (Å²) in [6, 6.07) is 7.65. The van der Waals surface area contributed by atoms with Gasteiger partial charge < -0.3 is 14.6 Å². The van der Waals surface area contributed by atoms with Crippen molar-refractivity contribution in [3.8, 4) is 5.75 Å². The van der Waals surface area contributed by atoms with E-state index in [1.54, 1.807) is 0 Å². The average Bonchev–Trinajstić information content (AvgIpc) is 2.93. The lowest BCUT2D eigenvalue weighted by molar-refractivity contribution is -0.137. The van der Waals surface area contributed by atoms with Crippen molar-refractivity contribution in [1.82, 2.24) is 9.55 Å². The highest BCUT2D eigenvalue weighted by atomic mass is 19.4. The van der Waals surface area contributed by atoms with Gasteiger partial charge in [0.2, 0.25) is 0 Å². The molecule has 3 aromatic rings. The maximum atomic E-state index is 12.9. The Balaban J connectivity index is 1.95. The van der Waals surface area contributed by atoms with Gasteiger partial charge in [-0.05, 0) is 56.7 Å². The quantitative estimate of drug-likeness (QED) is 0.663. The topological polar surface area (TPSA) is 56.1 Å². The number of hydrogen-bond acceptors (Lipinski definition) is 3. The minimum absolute atomic E-state index is 0.0558. The first-order chi connectivity index (χ1) is 13.3. The van der Waals surface area contributed by atoms with Gasteiger partial charge in [-0.25, -0.2) is 4.98 Å². The van der Waals surface area contributed by atoms with Crippen molar-refractivity contribution in [3.05, 3.63) is 53.3 Å². The first-order valence-corrected chi connectivity index (χ1v) is 8.86. The van der Waals surface area contributed by atoms with Gasteiger partial charge in [-0.15, -0.1) is 0 Å². The molecule has 8 heteroatoms. The minimum atomic E-state index is -4.47. The summed E-state index contributed by atoms with van der Waals surface area (Å²) in [7, 11) is 0. The summed E-state index contributed by atoms with van der Waals surface area (Å²) in [6.45, 7) is 6.74. The number of rotatable bonds is 5. The zero-order valence-electron chi connectivity index (χ0n) is 15.7. The summed E-state index contributed by atoms with van der Waals surface area (Å²) in [6.07, 6.45) is -3.77. The summed E-state index contributed by atoms with van der Waals surface area (Å²) in [4.78, 5) is 16.6. The second kappa shape index (κ2) is 7.53. The molecule has 1 amide bonds. The maximum Gasteiger partial charge on any atom is 0.417 e. The Morgan fingerprint density at radius 1 is 1.21 bits per heavy atom. The van der Waals surface area contributed by atoms with Gasteiger partial charge in [-0.3, -0.25) is 4.79 Å². The number of carbonyl (C=O) groups excluding carboxylic acids is 1. The Morgan fingerprint density at radius 3 is 2.54 bits per heavy atom. The number of alkyl halides is 3. The van der Waals surface area contributed by atoms with Gasteiger partial charge in [0.05, 0.1) is 12.2 Å². The van der Waals surface area contributed by atoms with Crippen LogP contribution in [0.1, 0.15) is 35.5 Å². The zero-order valence-corrected chi connectivity index (χ0v) is 15.7. The predicted molar refractivity (Wildman–Crippen MR) is 101 cm³/mol. The van der Waals surface area contributed by atoms with Crippen LogP contribution in [-0.2, 0) is 12.7 Å². The smallest absolute Gasteiger partial charge is 0.417 e. The number of amides is 1. The molecule has 1 N–H and O–H groups in total. The van der Waals surface area contributed by atoms with Crippen LogP contribution in [0.15, 0.2) is 36.5 Å². The van der Waals surface area contributed by atoms with Crippen molar-refractivity contribution in [2.45, 2.75) is 33.5 Å². The Morgan fingerprint density at radius 2 is 1.96 bits per heavy atom. The summed E-state index contributed by atoms with van der Waals surface area (Å²) in [5.74, 6) is 0.337. The van der Waals surface area contributed by atoms with Crippen LogP contribution in [0.3, 0.4) is 0 Å². The number of aromatic nitrogens is 2. The molecule has 2 heterocycles. The van der Waals surface area contributed by atoms with E-state index in [0.717, 1.165) is 28.6 Å². The number of ether oxygens (including phenoxy) is 1. The fourth-order valence-electron chi connectivity index (χ4n) is 3.19. The van der Waals surface area contributed by atoms with E-state index < -0.39 is 17.6 Å². The molecule has 0 saturated heterocycles. The van der Waals surface area contributed by atoms with Gasteiger partial charge in [0.15, 0.2) is 0 Å². The molecule has 0 spiro atoms. The molecule has 28 heavy (non-hydrogen) atoms. The summed E-state index contributed by atoms with van der Waals surface area (Å²) >= 11 is 0. The van der Waals surface area contributed by atoms with Gasteiger partial charge in [-0.2, -0.15) is 13.2 Å². The molecule has 0 aliphatic carbocycles. The lowest BCUT2D eigenvalue weighted by Gasteiger charge is -2.10.